The maximum atomic E-state index is 12.4. The first-order chi connectivity index (χ1) is 8.66. The van der Waals surface area contributed by atoms with Crippen molar-refractivity contribution < 1.29 is 9.21 Å². The van der Waals surface area contributed by atoms with Crippen LogP contribution in [0.3, 0.4) is 0 Å². The number of aryl methyl sites for hydroxylation is 1. The summed E-state index contributed by atoms with van der Waals surface area (Å²) < 4.78 is 5.18. The van der Waals surface area contributed by atoms with E-state index in [1.165, 1.54) is 5.56 Å². The quantitative estimate of drug-likeness (QED) is 0.781. The summed E-state index contributed by atoms with van der Waals surface area (Å²) in [4.78, 5) is 14.2. The average Bonchev–Trinajstić information content (AvgIpc) is 2.94. The Kier molecular flexibility index (Phi) is 2.37. The monoisotopic (exact) mass is 242 g/mol. The average molecular weight is 242 g/mol. The second-order valence-electron chi connectivity index (χ2n) is 4.49. The number of nitrogen functional groups attached to an aromatic ring is 1. The number of hydrogen-bond acceptors (Lipinski definition) is 3. The lowest BCUT2D eigenvalue weighted by molar-refractivity contribution is 0.0988. The molecule has 4 heteroatoms. The third-order valence-electron chi connectivity index (χ3n) is 3.34. The van der Waals surface area contributed by atoms with Gasteiger partial charge in [0.1, 0.15) is 5.76 Å². The molecule has 0 atom stereocenters. The fourth-order valence-corrected chi connectivity index (χ4v) is 2.36. The maximum Gasteiger partial charge on any atom is 0.261 e. The van der Waals surface area contributed by atoms with Gasteiger partial charge in [0.05, 0.1) is 11.8 Å². The lowest BCUT2D eigenvalue weighted by atomic mass is 10.1. The molecule has 0 saturated heterocycles. The van der Waals surface area contributed by atoms with Crippen LogP contribution in [0.2, 0.25) is 0 Å². The molecule has 0 spiro atoms. The third-order valence-corrected chi connectivity index (χ3v) is 3.34. The second kappa shape index (κ2) is 3.91. The van der Waals surface area contributed by atoms with Crippen LogP contribution < -0.4 is 10.6 Å². The minimum absolute atomic E-state index is 0.0226. The number of hydrogen-bond donors (Lipinski definition) is 1. The Morgan fingerprint density at radius 2 is 2.22 bits per heavy atom. The van der Waals surface area contributed by atoms with E-state index in [0.717, 1.165) is 12.1 Å². The standard InChI is InChI=1S/C14H14N2O2/c1-9-12(5-7-18-9)14(17)16-6-4-10-2-3-11(15)8-13(10)16/h2-3,5,7-8H,4,6,15H2,1H3. The Morgan fingerprint density at radius 3 is 2.94 bits per heavy atom. The molecule has 4 nitrogen and oxygen atoms in total. The fraction of sp³-hybridized carbons (Fsp3) is 0.214. The summed E-state index contributed by atoms with van der Waals surface area (Å²) in [6.07, 6.45) is 2.41. The van der Waals surface area contributed by atoms with Crippen LogP contribution in [0.25, 0.3) is 0 Å². The van der Waals surface area contributed by atoms with Crippen LogP contribution in [0.5, 0.6) is 0 Å². The lowest BCUT2D eigenvalue weighted by Gasteiger charge is -2.17. The van der Waals surface area contributed by atoms with E-state index in [-0.39, 0.29) is 5.91 Å². The van der Waals surface area contributed by atoms with Crippen molar-refractivity contribution in [1.29, 1.82) is 0 Å². The van der Waals surface area contributed by atoms with Gasteiger partial charge in [-0.25, -0.2) is 0 Å². The molecule has 18 heavy (non-hydrogen) atoms. The summed E-state index contributed by atoms with van der Waals surface area (Å²) in [6.45, 7) is 2.49. The molecule has 0 bridgehead atoms. The minimum Gasteiger partial charge on any atom is -0.469 e. The van der Waals surface area contributed by atoms with Crippen molar-refractivity contribution in [3.8, 4) is 0 Å². The highest BCUT2D eigenvalue weighted by Crippen LogP contribution is 2.31. The van der Waals surface area contributed by atoms with Gasteiger partial charge < -0.3 is 15.1 Å². The van der Waals surface area contributed by atoms with E-state index < -0.39 is 0 Å². The predicted molar refractivity (Wildman–Crippen MR) is 69.7 cm³/mol. The summed E-state index contributed by atoms with van der Waals surface area (Å²) in [5, 5.41) is 0. The van der Waals surface area contributed by atoms with Crippen molar-refractivity contribution >= 4 is 17.3 Å². The first-order valence-electron chi connectivity index (χ1n) is 5.91. The van der Waals surface area contributed by atoms with Gasteiger partial charge in [-0.3, -0.25) is 4.79 Å². The Bertz CT molecular complexity index is 616. The number of carbonyl (C=O) groups excluding carboxylic acids is 1. The van der Waals surface area contributed by atoms with E-state index in [1.807, 2.05) is 18.2 Å². The SMILES string of the molecule is Cc1occc1C(=O)N1CCc2ccc(N)cc21. The van der Waals surface area contributed by atoms with Crippen LogP contribution in [-0.2, 0) is 6.42 Å². The van der Waals surface area contributed by atoms with Crippen LogP contribution in [0.1, 0.15) is 21.7 Å². The van der Waals surface area contributed by atoms with Crippen LogP contribution >= 0.6 is 0 Å². The van der Waals surface area contributed by atoms with Gasteiger partial charge >= 0.3 is 0 Å². The number of anilines is 2. The number of benzene rings is 1. The molecular weight excluding hydrogens is 228 g/mol. The zero-order valence-corrected chi connectivity index (χ0v) is 10.1. The first-order valence-corrected chi connectivity index (χ1v) is 5.91. The lowest BCUT2D eigenvalue weighted by Crippen LogP contribution is -2.29. The summed E-state index contributed by atoms with van der Waals surface area (Å²) in [6, 6.07) is 7.42. The summed E-state index contributed by atoms with van der Waals surface area (Å²) >= 11 is 0. The van der Waals surface area contributed by atoms with Gasteiger partial charge in [-0.15, -0.1) is 0 Å². The van der Waals surface area contributed by atoms with Crippen molar-refractivity contribution in [2.75, 3.05) is 17.2 Å². The van der Waals surface area contributed by atoms with E-state index in [1.54, 1.807) is 24.2 Å². The van der Waals surface area contributed by atoms with Crippen molar-refractivity contribution in [1.82, 2.24) is 0 Å². The molecule has 0 saturated carbocycles. The molecule has 2 heterocycles. The van der Waals surface area contributed by atoms with E-state index in [0.29, 0.717) is 23.6 Å². The van der Waals surface area contributed by atoms with Crippen molar-refractivity contribution in [3.05, 3.63) is 47.4 Å². The summed E-state index contributed by atoms with van der Waals surface area (Å²) in [5.74, 6) is 0.628. The molecule has 1 aliphatic rings. The van der Waals surface area contributed by atoms with Gasteiger partial charge in [0, 0.05) is 17.9 Å². The van der Waals surface area contributed by atoms with E-state index in [4.69, 9.17) is 10.2 Å². The number of furan rings is 1. The number of nitrogens with zero attached hydrogens (tertiary/aromatic N) is 1. The molecule has 1 aromatic carbocycles. The van der Waals surface area contributed by atoms with Crippen molar-refractivity contribution in [3.63, 3.8) is 0 Å². The van der Waals surface area contributed by atoms with Crippen molar-refractivity contribution in [2.45, 2.75) is 13.3 Å². The fourth-order valence-electron chi connectivity index (χ4n) is 2.36. The van der Waals surface area contributed by atoms with Crippen LogP contribution in [-0.4, -0.2) is 12.5 Å². The zero-order chi connectivity index (χ0) is 12.7. The van der Waals surface area contributed by atoms with Crippen LogP contribution in [0.4, 0.5) is 11.4 Å². The van der Waals surface area contributed by atoms with Crippen molar-refractivity contribution in [2.24, 2.45) is 0 Å². The molecular formula is C14H14N2O2. The normalized spacial score (nSPS) is 13.7. The van der Waals surface area contributed by atoms with E-state index in [9.17, 15) is 4.79 Å². The van der Waals surface area contributed by atoms with Crippen LogP contribution in [0.15, 0.2) is 34.9 Å². The second-order valence-corrected chi connectivity index (χ2v) is 4.49. The molecule has 0 radical (unpaired) electrons. The first kappa shape index (κ1) is 10.9. The number of rotatable bonds is 1. The maximum absolute atomic E-state index is 12.4. The highest BCUT2D eigenvalue weighted by Gasteiger charge is 2.27. The van der Waals surface area contributed by atoms with Gasteiger partial charge in [0.15, 0.2) is 0 Å². The summed E-state index contributed by atoms with van der Waals surface area (Å²) in [5.41, 5.74) is 9.16. The number of carbonyl (C=O) groups is 1. The number of nitrogens with two attached hydrogens (primary N) is 1. The largest absolute Gasteiger partial charge is 0.469 e. The van der Waals surface area contributed by atoms with Crippen LogP contribution in [0, 0.1) is 6.92 Å². The zero-order valence-electron chi connectivity index (χ0n) is 10.1. The Hall–Kier alpha value is -2.23. The highest BCUT2D eigenvalue weighted by atomic mass is 16.3. The number of fused-ring (bicyclic) bond motifs is 1. The molecule has 92 valence electrons. The molecule has 1 aromatic heterocycles. The molecule has 0 fully saturated rings. The Morgan fingerprint density at radius 1 is 1.39 bits per heavy atom. The summed E-state index contributed by atoms with van der Waals surface area (Å²) in [7, 11) is 0. The molecule has 0 unspecified atom stereocenters. The third kappa shape index (κ3) is 1.57. The molecule has 1 aliphatic heterocycles. The highest BCUT2D eigenvalue weighted by molar-refractivity contribution is 6.08. The molecule has 2 N–H and O–H groups in total. The van der Waals surface area contributed by atoms with Gasteiger partial charge in [0.2, 0.25) is 0 Å². The smallest absolute Gasteiger partial charge is 0.261 e. The Balaban J connectivity index is 2.00. The van der Waals surface area contributed by atoms with Gasteiger partial charge in [-0.2, -0.15) is 0 Å². The van der Waals surface area contributed by atoms with Gasteiger partial charge in [-0.05, 0) is 37.1 Å². The molecule has 0 aliphatic carbocycles. The number of amides is 1. The molecule has 2 aromatic rings. The minimum atomic E-state index is -0.0226. The Labute approximate surface area is 105 Å². The van der Waals surface area contributed by atoms with E-state index in [2.05, 4.69) is 0 Å². The topological polar surface area (TPSA) is 59.5 Å². The van der Waals surface area contributed by atoms with Gasteiger partial charge in [-0.1, -0.05) is 6.07 Å². The molecule has 3 rings (SSSR count). The predicted octanol–water partition coefficient (Wildman–Crippen LogP) is 2.37. The van der Waals surface area contributed by atoms with Gasteiger partial charge in [0.25, 0.3) is 5.91 Å². The molecule has 1 amide bonds. The van der Waals surface area contributed by atoms with E-state index >= 15 is 0 Å².